The van der Waals surface area contributed by atoms with Crippen LogP contribution in [-0.2, 0) is 4.79 Å². The van der Waals surface area contributed by atoms with E-state index in [-0.39, 0.29) is 5.91 Å². The molecule has 0 spiro atoms. The summed E-state index contributed by atoms with van der Waals surface area (Å²) in [4.78, 5) is 12.6. The van der Waals surface area contributed by atoms with Crippen LogP contribution < -0.4 is 11.1 Å². The highest BCUT2D eigenvalue weighted by Crippen LogP contribution is 2.31. The van der Waals surface area contributed by atoms with Gasteiger partial charge in [-0.1, -0.05) is 67.8 Å². The zero-order chi connectivity index (χ0) is 15.4. The fraction of sp³-hybridized carbons (Fsp3) is 0.316. The maximum atomic E-state index is 12.6. The molecule has 0 heterocycles. The van der Waals surface area contributed by atoms with Gasteiger partial charge in [-0.3, -0.25) is 4.79 Å². The van der Waals surface area contributed by atoms with Crippen LogP contribution in [0.1, 0.15) is 32.1 Å². The molecule has 2 aromatic carbocycles. The van der Waals surface area contributed by atoms with E-state index < -0.39 is 5.54 Å². The van der Waals surface area contributed by atoms with Crippen molar-refractivity contribution in [1.29, 1.82) is 0 Å². The molecule has 0 bridgehead atoms. The monoisotopic (exact) mass is 294 g/mol. The summed E-state index contributed by atoms with van der Waals surface area (Å²) >= 11 is 0. The van der Waals surface area contributed by atoms with Gasteiger partial charge in [0.1, 0.15) is 0 Å². The van der Waals surface area contributed by atoms with Crippen LogP contribution in [-0.4, -0.2) is 11.4 Å². The minimum Gasteiger partial charge on any atom is -0.324 e. The molecule has 2 aromatic rings. The number of nitrogens with one attached hydrogen (secondary N) is 1. The topological polar surface area (TPSA) is 55.1 Å². The van der Waals surface area contributed by atoms with Gasteiger partial charge in [0.2, 0.25) is 5.91 Å². The Bertz CT molecular complexity index is 645. The summed E-state index contributed by atoms with van der Waals surface area (Å²) in [7, 11) is 0. The summed E-state index contributed by atoms with van der Waals surface area (Å²) in [6.45, 7) is 0. The molecule has 0 atom stereocenters. The molecule has 22 heavy (non-hydrogen) atoms. The van der Waals surface area contributed by atoms with E-state index in [0.29, 0.717) is 0 Å². The predicted octanol–water partition coefficient (Wildman–Crippen LogP) is 3.95. The van der Waals surface area contributed by atoms with Crippen LogP contribution in [0.3, 0.4) is 0 Å². The summed E-state index contributed by atoms with van der Waals surface area (Å²) in [6.07, 6.45) is 4.78. The first-order valence-electron chi connectivity index (χ1n) is 7.94. The van der Waals surface area contributed by atoms with E-state index in [2.05, 4.69) is 5.32 Å². The average molecular weight is 294 g/mol. The molecule has 1 aliphatic rings. The Morgan fingerprint density at radius 3 is 2.27 bits per heavy atom. The Balaban J connectivity index is 1.85. The van der Waals surface area contributed by atoms with E-state index in [1.165, 1.54) is 6.42 Å². The number of nitrogens with two attached hydrogens (primary N) is 1. The van der Waals surface area contributed by atoms with Gasteiger partial charge in [0, 0.05) is 11.3 Å². The number of anilines is 1. The first-order chi connectivity index (χ1) is 10.7. The number of amides is 1. The summed E-state index contributed by atoms with van der Waals surface area (Å²) in [5.74, 6) is -0.0596. The third-order valence-electron chi connectivity index (χ3n) is 4.46. The van der Waals surface area contributed by atoms with Crippen molar-refractivity contribution < 1.29 is 4.79 Å². The number of para-hydroxylation sites is 1. The molecule has 0 unspecified atom stereocenters. The second kappa shape index (κ2) is 6.32. The zero-order valence-electron chi connectivity index (χ0n) is 12.7. The van der Waals surface area contributed by atoms with Crippen molar-refractivity contribution in [1.82, 2.24) is 0 Å². The van der Waals surface area contributed by atoms with Crippen molar-refractivity contribution in [2.45, 2.75) is 37.6 Å². The van der Waals surface area contributed by atoms with Crippen molar-refractivity contribution in [3.63, 3.8) is 0 Å². The molecule has 1 amide bonds. The molecule has 3 N–H and O–H groups in total. The van der Waals surface area contributed by atoms with Gasteiger partial charge < -0.3 is 11.1 Å². The molecule has 0 radical (unpaired) electrons. The molecule has 3 rings (SSSR count). The van der Waals surface area contributed by atoms with E-state index in [1.807, 2.05) is 54.6 Å². The van der Waals surface area contributed by atoms with Gasteiger partial charge >= 0.3 is 0 Å². The molecule has 1 fully saturated rings. The molecule has 0 saturated heterocycles. The van der Waals surface area contributed by atoms with Crippen molar-refractivity contribution in [3.8, 4) is 11.1 Å². The Labute approximate surface area is 131 Å². The minimum atomic E-state index is -0.720. The van der Waals surface area contributed by atoms with Crippen molar-refractivity contribution in [2.24, 2.45) is 5.73 Å². The molecular weight excluding hydrogens is 272 g/mol. The Morgan fingerprint density at radius 1 is 0.909 bits per heavy atom. The third-order valence-corrected chi connectivity index (χ3v) is 4.46. The van der Waals surface area contributed by atoms with Gasteiger partial charge in [0.25, 0.3) is 0 Å². The molecule has 0 aliphatic heterocycles. The summed E-state index contributed by atoms with van der Waals surface area (Å²) in [5.41, 5.74) is 8.55. The predicted molar refractivity (Wildman–Crippen MR) is 90.5 cm³/mol. The second-order valence-electron chi connectivity index (χ2n) is 6.08. The third kappa shape index (κ3) is 3.04. The van der Waals surface area contributed by atoms with Crippen molar-refractivity contribution in [2.75, 3.05) is 5.32 Å². The van der Waals surface area contributed by atoms with E-state index >= 15 is 0 Å². The fourth-order valence-electron chi connectivity index (χ4n) is 3.12. The highest BCUT2D eigenvalue weighted by molar-refractivity contribution is 6.01. The Kier molecular flexibility index (Phi) is 4.25. The lowest BCUT2D eigenvalue weighted by Crippen LogP contribution is -2.52. The van der Waals surface area contributed by atoms with E-state index in [0.717, 1.165) is 42.5 Å². The van der Waals surface area contributed by atoms with Gasteiger partial charge in [-0.15, -0.1) is 0 Å². The van der Waals surface area contributed by atoms with Crippen LogP contribution in [0.4, 0.5) is 5.69 Å². The van der Waals surface area contributed by atoms with Gasteiger partial charge in [0.05, 0.1) is 5.54 Å². The molecule has 3 nitrogen and oxygen atoms in total. The largest absolute Gasteiger partial charge is 0.324 e. The number of carbonyl (C=O) groups is 1. The average Bonchev–Trinajstić information content (AvgIpc) is 2.57. The number of hydrogen-bond acceptors (Lipinski definition) is 2. The lowest BCUT2D eigenvalue weighted by atomic mass is 9.82. The smallest absolute Gasteiger partial charge is 0.244 e. The van der Waals surface area contributed by atoms with Gasteiger partial charge in [-0.2, -0.15) is 0 Å². The van der Waals surface area contributed by atoms with Crippen molar-refractivity contribution >= 4 is 11.6 Å². The first kappa shape index (κ1) is 14.8. The number of benzene rings is 2. The standard InChI is InChI=1S/C19H22N2O/c20-19(13-7-2-8-14-19)18(22)21-17-12-6-5-11-16(17)15-9-3-1-4-10-15/h1,3-6,9-12H,2,7-8,13-14,20H2,(H,21,22). The van der Waals surface area contributed by atoms with Crippen LogP contribution in [0.2, 0.25) is 0 Å². The lowest BCUT2D eigenvalue weighted by Gasteiger charge is -2.32. The Morgan fingerprint density at radius 2 is 1.55 bits per heavy atom. The lowest BCUT2D eigenvalue weighted by molar-refractivity contribution is -0.122. The minimum absolute atomic E-state index is 0.0596. The fourth-order valence-corrected chi connectivity index (χ4v) is 3.12. The van der Waals surface area contributed by atoms with Crippen LogP contribution in [0.5, 0.6) is 0 Å². The van der Waals surface area contributed by atoms with E-state index in [1.54, 1.807) is 0 Å². The van der Waals surface area contributed by atoms with Gasteiger partial charge in [-0.25, -0.2) is 0 Å². The van der Waals surface area contributed by atoms with E-state index in [9.17, 15) is 4.79 Å². The first-order valence-corrected chi connectivity index (χ1v) is 7.94. The molecule has 3 heteroatoms. The molecule has 0 aromatic heterocycles. The van der Waals surface area contributed by atoms with Gasteiger partial charge in [0.15, 0.2) is 0 Å². The zero-order valence-corrected chi connectivity index (χ0v) is 12.7. The number of carbonyl (C=O) groups excluding carboxylic acids is 1. The summed E-state index contributed by atoms with van der Waals surface area (Å²) in [5, 5.41) is 3.06. The molecular formula is C19H22N2O. The maximum absolute atomic E-state index is 12.6. The second-order valence-corrected chi connectivity index (χ2v) is 6.08. The quantitative estimate of drug-likeness (QED) is 0.900. The summed E-state index contributed by atoms with van der Waals surface area (Å²) in [6, 6.07) is 18.0. The molecule has 114 valence electrons. The number of hydrogen-bond donors (Lipinski definition) is 2. The maximum Gasteiger partial charge on any atom is 0.244 e. The van der Waals surface area contributed by atoms with Gasteiger partial charge in [-0.05, 0) is 24.5 Å². The number of rotatable bonds is 3. The highest BCUT2D eigenvalue weighted by Gasteiger charge is 2.35. The molecule has 1 aliphatic carbocycles. The normalized spacial score (nSPS) is 17.0. The van der Waals surface area contributed by atoms with Crippen LogP contribution >= 0.6 is 0 Å². The van der Waals surface area contributed by atoms with Crippen molar-refractivity contribution in [3.05, 3.63) is 54.6 Å². The van der Waals surface area contributed by atoms with E-state index in [4.69, 9.17) is 5.73 Å². The SMILES string of the molecule is NC1(C(=O)Nc2ccccc2-c2ccccc2)CCCCC1. The van der Waals surface area contributed by atoms with Crippen LogP contribution in [0.15, 0.2) is 54.6 Å². The highest BCUT2D eigenvalue weighted by atomic mass is 16.2. The van der Waals surface area contributed by atoms with Crippen LogP contribution in [0.25, 0.3) is 11.1 Å². The molecule has 1 saturated carbocycles. The van der Waals surface area contributed by atoms with Crippen LogP contribution in [0, 0.1) is 0 Å². The summed E-state index contributed by atoms with van der Waals surface area (Å²) < 4.78 is 0. The Hall–Kier alpha value is -2.13.